The van der Waals surface area contributed by atoms with E-state index < -0.39 is 4.92 Å². The first kappa shape index (κ1) is 14.0. The van der Waals surface area contributed by atoms with Crippen LogP contribution in [0.25, 0.3) is 11.3 Å². The minimum absolute atomic E-state index is 0.0653. The number of nitrogens with zero attached hydrogens (tertiary/aromatic N) is 3. The van der Waals surface area contributed by atoms with Gasteiger partial charge in [0.1, 0.15) is 0 Å². The normalized spacial score (nSPS) is 11.4. The molecule has 0 radical (unpaired) electrons. The highest BCUT2D eigenvalue weighted by atomic mass is 16.6. The minimum Gasteiger partial charge on any atom is -0.490 e. The van der Waals surface area contributed by atoms with E-state index in [0.29, 0.717) is 11.3 Å². The molecule has 0 atom stereocenters. The first-order valence-electron chi connectivity index (χ1n) is 6.08. The van der Waals surface area contributed by atoms with Crippen molar-refractivity contribution in [3.05, 3.63) is 34.0 Å². The molecule has 7 heteroatoms. The van der Waals surface area contributed by atoms with Crippen molar-refractivity contribution in [1.29, 1.82) is 0 Å². The van der Waals surface area contributed by atoms with Gasteiger partial charge in [0.05, 0.1) is 29.5 Å². The lowest BCUT2D eigenvalue weighted by Gasteiger charge is -2.20. The largest absolute Gasteiger partial charge is 0.490 e. The van der Waals surface area contributed by atoms with Crippen LogP contribution in [0.3, 0.4) is 0 Å². The fourth-order valence-corrected chi connectivity index (χ4v) is 1.92. The molecule has 1 aromatic heterocycles. The molecule has 1 N–H and O–H groups in total. The molecule has 0 unspecified atom stereocenters. The zero-order valence-electron chi connectivity index (χ0n) is 11.8. The van der Waals surface area contributed by atoms with Crippen LogP contribution in [0.1, 0.15) is 26.3 Å². The highest BCUT2D eigenvalue weighted by Gasteiger charge is 2.26. The topological polar surface area (TPSA) is 93.9 Å². The number of aromatic nitrogens is 3. The standard InChI is InChI=1S/C13H16N4O3/c1-13(2,3)8-5-9(10-7-14-16-15-10)12(20-4)11(6-8)17(18)19/h5-7H,1-4H3,(H,14,15,16). The van der Waals surface area contributed by atoms with Crippen LogP contribution in [0.5, 0.6) is 5.75 Å². The van der Waals surface area contributed by atoms with Gasteiger partial charge in [-0.1, -0.05) is 26.0 Å². The SMILES string of the molecule is COc1c(-c2cnn[nH]2)cc(C(C)(C)C)cc1[N+](=O)[O-]. The van der Waals surface area contributed by atoms with Gasteiger partial charge in [-0.25, -0.2) is 0 Å². The van der Waals surface area contributed by atoms with Crippen molar-refractivity contribution in [2.75, 3.05) is 7.11 Å². The van der Waals surface area contributed by atoms with Crippen LogP contribution >= 0.6 is 0 Å². The summed E-state index contributed by atoms with van der Waals surface area (Å²) in [5.41, 5.74) is 1.71. The van der Waals surface area contributed by atoms with E-state index in [9.17, 15) is 10.1 Å². The molecule has 0 amide bonds. The van der Waals surface area contributed by atoms with Gasteiger partial charge in [0.2, 0.25) is 5.75 Å². The van der Waals surface area contributed by atoms with Crippen molar-refractivity contribution < 1.29 is 9.66 Å². The fraction of sp³-hybridized carbons (Fsp3) is 0.385. The summed E-state index contributed by atoms with van der Waals surface area (Å²) >= 11 is 0. The predicted octanol–water partition coefficient (Wildman–Crippen LogP) is 2.69. The maximum atomic E-state index is 11.3. The average molecular weight is 276 g/mol. The molecule has 7 nitrogen and oxygen atoms in total. The van der Waals surface area contributed by atoms with Gasteiger partial charge in [0.15, 0.2) is 0 Å². The van der Waals surface area contributed by atoms with Gasteiger partial charge in [-0.3, -0.25) is 15.2 Å². The Labute approximate surface area is 116 Å². The maximum Gasteiger partial charge on any atom is 0.311 e. The quantitative estimate of drug-likeness (QED) is 0.687. The molecule has 2 rings (SSSR count). The third-order valence-electron chi connectivity index (χ3n) is 3.04. The Balaban J connectivity index is 2.77. The monoisotopic (exact) mass is 276 g/mol. The second-order valence-corrected chi connectivity index (χ2v) is 5.45. The molecule has 0 saturated carbocycles. The van der Waals surface area contributed by atoms with Crippen molar-refractivity contribution in [2.24, 2.45) is 0 Å². The summed E-state index contributed by atoms with van der Waals surface area (Å²) in [4.78, 5) is 10.8. The van der Waals surface area contributed by atoms with Crippen LogP contribution in [-0.4, -0.2) is 27.4 Å². The molecule has 106 valence electrons. The highest BCUT2D eigenvalue weighted by molar-refractivity contribution is 5.74. The summed E-state index contributed by atoms with van der Waals surface area (Å²) in [5.74, 6) is 0.203. The van der Waals surface area contributed by atoms with E-state index in [4.69, 9.17) is 4.74 Å². The Morgan fingerprint density at radius 2 is 2.05 bits per heavy atom. The van der Waals surface area contributed by atoms with E-state index in [1.807, 2.05) is 26.8 Å². The Morgan fingerprint density at radius 1 is 1.35 bits per heavy atom. The molecule has 0 fully saturated rings. The van der Waals surface area contributed by atoms with Gasteiger partial charge in [-0.15, -0.1) is 5.10 Å². The number of nitro groups is 1. The van der Waals surface area contributed by atoms with Crippen LogP contribution in [0.2, 0.25) is 0 Å². The summed E-state index contributed by atoms with van der Waals surface area (Å²) in [7, 11) is 1.41. The molecule has 0 aliphatic heterocycles. The second-order valence-electron chi connectivity index (χ2n) is 5.45. The van der Waals surface area contributed by atoms with Crippen LogP contribution < -0.4 is 4.74 Å². The third-order valence-corrected chi connectivity index (χ3v) is 3.04. The molecule has 1 aromatic carbocycles. The third kappa shape index (κ3) is 2.47. The Bertz CT molecular complexity index is 630. The van der Waals surface area contributed by atoms with Crippen molar-refractivity contribution in [3.63, 3.8) is 0 Å². The summed E-state index contributed by atoms with van der Waals surface area (Å²) in [6.07, 6.45) is 1.51. The lowest BCUT2D eigenvalue weighted by molar-refractivity contribution is -0.385. The van der Waals surface area contributed by atoms with E-state index in [1.54, 1.807) is 6.07 Å². The van der Waals surface area contributed by atoms with Crippen LogP contribution in [0.15, 0.2) is 18.3 Å². The molecule has 0 spiro atoms. The zero-order chi connectivity index (χ0) is 14.9. The summed E-state index contributed by atoms with van der Waals surface area (Å²) in [6, 6.07) is 3.41. The number of ether oxygens (including phenoxy) is 1. The number of aromatic amines is 1. The van der Waals surface area contributed by atoms with Crippen molar-refractivity contribution >= 4 is 5.69 Å². The molecule has 2 aromatic rings. The first-order chi connectivity index (χ1) is 9.34. The number of hydrogen-bond donors (Lipinski definition) is 1. The summed E-state index contributed by atoms with van der Waals surface area (Å²) in [6.45, 7) is 5.98. The fourth-order valence-electron chi connectivity index (χ4n) is 1.92. The van der Waals surface area contributed by atoms with Crippen molar-refractivity contribution in [1.82, 2.24) is 15.4 Å². The number of rotatable bonds is 3. The molecular weight excluding hydrogens is 260 g/mol. The molecule has 20 heavy (non-hydrogen) atoms. The van der Waals surface area contributed by atoms with E-state index in [1.165, 1.54) is 13.3 Å². The van der Waals surface area contributed by atoms with Crippen molar-refractivity contribution in [3.8, 4) is 17.0 Å². The lowest BCUT2D eigenvalue weighted by Crippen LogP contribution is -2.12. The van der Waals surface area contributed by atoms with Gasteiger partial charge < -0.3 is 4.74 Å². The van der Waals surface area contributed by atoms with Gasteiger partial charge >= 0.3 is 5.69 Å². The second kappa shape index (κ2) is 4.92. The van der Waals surface area contributed by atoms with E-state index in [-0.39, 0.29) is 16.9 Å². The summed E-state index contributed by atoms with van der Waals surface area (Å²) in [5, 5.41) is 21.3. The maximum absolute atomic E-state index is 11.3. The molecule has 0 aliphatic carbocycles. The number of H-pyrrole nitrogens is 1. The predicted molar refractivity (Wildman–Crippen MR) is 73.7 cm³/mol. The lowest BCUT2D eigenvalue weighted by atomic mass is 9.85. The van der Waals surface area contributed by atoms with E-state index in [0.717, 1.165) is 5.56 Å². The van der Waals surface area contributed by atoms with Crippen molar-refractivity contribution in [2.45, 2.75) is 26.2 Å². The van der Waals surface area contributed by atoms with E-state index in [2.05, 4.69) is 15.4 Å². The zero-order valence-corrected chi connectivity index (χ0v) is 11.8. The van der Waals surface area contributed by atoms with E-state index >= 15 is 0 Å². The average Bonchev–Trinajstić information content (AvgIpc) is 2.89. The molecule has 1 heterocycles. The number of hydrogen-bond acceptors (Lipinski definition) is 5. The van der Waals surface area contributed by atoms with Crippen LogP contribution in [0.4, 0.5) is 5.69 Å². The van der Waals surface area contributed by atoms with Gasteiger partial charge in [-0.2, -0.15) is 0 Å². The number of nitrogens with one attached hydrogen (secondary N) is 1. The molecule has 0 saturated heterocycles. The minimum atomic E-state index is -0.443. The summed E-state index contributed by atoms with van der Waals surface area (Å²) < 4.78 is 5.21. The Kier molecular flexibility index (Phi) is 3.44. The Morgan fingerprint density at radius 3 is 2.50 bits per heavy atom. The van der Waals surface area contributed by atoms with Gasteiger partial charge in [0.25, 0.3) is 0 Å². The first-order valence-corrected chi connectivity index (χ1v) is 6.08. The number of benzene rings is 1. The smallest absolute Gasteiger partial charge is 0.311 e. The number of nitro benzene ring substituents is 1. The number of methoxy groups -OCH3 is 1. The highest BCUT2D eigenvalue weighted by Crippen LogP contribution is 2.40. The van der Waals surface area contributed by atoms with Gasteiger partial charge in [-0.05, 0) is 17.0 Å². The van der Waals surface area contributed by atoms with Gasteiger partial charge in [0, 0.05) is 6.07 Å². The molecular formula is C13H16N4O3. The Hall–Kier alpha value is -2.44. The van der Waals surface area contributed by atoms with Crippen LogP contribution in [-0.2, 0) is 5.41 Å². The molecule has 0 bridgehead atoms. The molecule has 0 aliphatic rings. The van der Waals surface area contributed by atoms with Crippen LogP contribution in [0, 0.1) is 10.1 Å².